The predicted octanol–water partition coefficient (Wildman–Crippen LogP) is 3.55. The van der Waals surface area contributed by atoms with E-state index in [1.165, 1.54) is 0 Å². The summed E-state index contributed by atoms with van der Waals surface area (Å²) in [4.78, 5) is 0. The van der Waals surface area contributed by atoms with Gasteiger partial charge in [-0.25, -0.2) is 0 Å². The maximum atomic E-state index is 6.51. The molecule has 17 heavy (non-hydrogen) atoms. The highest BCUT2D eigenvalue weighted by Gasteiger charge is 2.52. The molecule has 1 saturated carbocycles. The zero-order valence-corrected chi connectivity index (χ0v) is 13.4. The molecule has 0 unspecified atom stereocenters. The lowest BCUT2D eigenvalue weighted by atomic mass is 10.2. The van der Waals surface area contributed by atoms with Crippen molar-refractivity contribution in [2.24, 2.45) is 0 Å². The van der Waals surface area contributed by atoms with Gasteiger partial charge in [-0.05, 0) is 31.0 Å². The third-order valence-electron chi connectivity index (χ3n) is 4.15. The molecule has 1 rings (SSSR count). The average Bonchev–Trinajstić information content (AvgIpc) is 2.92. The third-order valence-corrected chi connectivity index (χ3v) is 8.71. The quantitative estimate of drug-likeness (QED) is 0.540. The molecule has 0 radical (unpaired) electrons. The molecular weight excluding hydrogens is 232 g/mol. The molecule has 0 aromatic carbocycles. The van der Waals surface area contributed by atoms with E-state index >= 15 is 0 Å². The van der Waals surface area contributed by atoms with E-state index in [4.69, 9.17) is 13.9 Å². The summed E-state index contributed by atoms with van der Waals surface area (Å²) in [5.74, 6) is 0. The van der Waals surface area contributed by atoms with Gasteiger partial charge in [0.05, 0.1) is 5.60 Å². The van der Waals surface area contributed by atoms with Crippen LogP contribution in [0.3, 0.4) is 0 Å². The van der Waals surface area contributed by atoms with Crippen LogP contribution >= 0.6 is 0 Å². The highest BCUT2D eigenvalue weighted by Crippen LogP contribution is 2.50. The first-order chi connectivity index (χ1) is 7.66. The Balaban J connectivity index is 2.62. The summed E-state index contributed by atoms with van der Waals surface area (Å²) in [6, 6.07) is 0. The Morgan fingerprint density at radius 1 is 1.12 bits per heavy atom. The molecule has 0 bridgehead atoms. The fourth-order valence-electron chi connectivity index (χ4n) is 1.75. The SMILES string of the molecule is COC(CC1(O[Si](C)(C)C(C)(C)C)CC1)OC. The number of methoxy groups -OCH3 is 2. The van der Waals surface area contributed by atoms with Gasteiger partial charge in [0.15, 0.2) is 14.6 Å². The summed E-state index contributed by atoms with van der Waals surface area (Å²) in [7, 11) is 1.70. The second kappa shape index (κ2) is 5.00. The predicted molar refractivity (Wildman–Crippen MR) is 72.7 cm³/mol. The van der Waals surface area contributed by atoms with E-state index in [-0.39, 0.29) is 16.9 Å². The lowest BCUT2D eigenvalue weighted by molar-refractivity contribution is -0.124. The maximum absolute atomic E-state index is 6.51. The minimum Gasteiger partial charge on any atom is -0.411 e. The van der Waals surface area contributed by atoms with Gasteiger partial charge in [0.2, 0.25) is 0 Å². The van der Waals surface area contributed by atoms with Crippen LogP contribution < -0.4 is 0 Å². The van der Waals surface area contributed by atoms with E-state index in [2.05, 4.69) is 33.9 Å². The van der Waals surface area contributed by atoms with E-state index in [0.717, 1.165) is 19.3 Å². The molecule has 0 heterocycles. The monoisotopic (exact) mass is 260 g/mol. The minimum absolute atomic E-state index is 0.0275. The Labute approximate surface area is 107 Å². The van der Waals surface area contributed by atoms with Crippen molar-refractivity contribution < 1.29 is 13.9 Å². The minimum atomic E-state index is -1.68. The lowest BCUT2D eigenvalue weighted by Gasteiger charge is -2.40. The smallest absolute Gasteiger partial charge is 0.192 e. The largest absolute Gasteiger partial charge is 0.411 e. The molecule has 1 aliphatic carbocycles. The van der Waals surface area contributed by atoms with Crippen molar-refractivity contribution in [3.63, 3.8) is 0 Å². The molecule has 1 aliphatic rings. The highest BCUT2D eigenvalue weighted by molar-refractivity contribution is 6.74. The van der Waals surface area contributed by atoms with Crippen LogP contribution in [0.25, 0.3) is 0 Å². The van der Waals surface area contributed by atoms with Crippen molar-refractivity contribution in [3.8, 4) is 0 Å². The van der Waals surface area contributed by atoms with Crippen molar-refractivity contribution in [2.45, 2.75) is 70.1 Å². The second-order valence-electron chi connectivity index (χ2n) is 6.65. The number of hydrogen-bond acceptors (Lipinski definition) is 3. The van der Waals surface area contributed by atoms with Gasteiger partial charge in [0.25, 0.3) is 0 Å². The summed E-state index contributed by atoms with van der Waals surface area (Å²) in [5.41, 5.74) is 0.0275. The molecule has 1 fully saturated rings. The van der Waals surface area contributed by atoms with E-state index in [1.807, 2.05) is 0 Å². The van der Waals surface area contributed by atoms with Gasteiger partial charge in [-0.2, -0.15) is 0 Å². The summed E-state index contributed by atoms with van der Waals surface area (Å²) in [6.07, 6.45) is 3.00. The van der Waals surface area contributed by atoms with Gasteiger partial charge in [0.1, 0.15) is 0 Å². The molecular formula is C13H28O3Si. The van der Waals surface area contributed by atoms with Gasteiger partial charge in [0, 0.05) is 20.6 Å². The molecule has 0 spiro atoms. The van der Waals surface area contributed by atoms with Gasteiger partial charge in [-0.15, -0.1) is 0 Å². The normalized spacial score (nSPS) is 19.8. The summed E-state index contributed by atoms with van der Waals surface area (Å²) in [5, 5.41) is 0.262. The van der Waals surface area contributed by atoms with Crippen molar-refractivity contribution in [1.29, 1.82) is 0 Å². The Hall–Kier alpha value is 0.0969. The van der Waals surface area contributed by atoms with Crippen LogP contribution in [0.15, 0.2) is 0 Å². The van der Waals surface area contributed by atoms with Gasteiger partial charge in [-0.1, -0.05) is 20.8 Å². The lowest BCUT2D eigenvalue weighted by Crippen LogP contribution is -2.45. The number of hydrogen-bond donors (Lipinski definition) is 0. The van der Waals surface area contributed by atoms with Gasteiger partial charge in [-0.3, -0.25) is 0 Å². The molecule has 0 saturated heterocycles. The molecule has 0 atom stereocenters. The van der Waals surface area contributed by atoms with E-state index < -0.39 is 8.32 Å². The van der Waals surface area contributed by atoms with Crippen LogP contribution in [-0.4, -0.2) is 34.4 Å². The molecule has 0 aliphatic heterocycles. The van der Waals surface area contributed by atoms with Crippen molar-refractivity contribution in [3.05, 3.63) is 0 Å². The Kier molecular flexibility index (Phi) is 4.45. The molecule has 4 heteroatoms. The maximum Gasteiger partial charge on any atom is 0.192 e. The molecule has 102 valence electrons. The highest BCUT2D eigenvalue weighted by atomic mass is 28.4. The Morgan fingerprint density at radius 3 is 1.88 bits per heavy atom. The first-order valence-electron chi connectivity index (χ1n) is 6.42. The third kappa shape index (κ3) is 3.78. The number of rotatable bonds is 6. The topological polar surface area (TPSA) is 27.7 Å². The van der Waals surface area contributed by atoms with Crippen molar-refractivity contribution in [2.75, 3.05) is 14.2 Å². The van der Waals surface area contributed by atoms with Crippen molar-refractivity contribution >= 4 is 8.32 Å². The van der Waals surface area contributed by atoms with Crippen LogP contribution in [0.5, 0.6) is 0 Å². The average molecular weight is 260 g/mol. The standard InChI is InChI=1S/C13H28O3Si/c1-12(2,3)17(6,7)16-13(8-9-13)10-11(14-4)15-5/h11H,8-10H2,1-7H3. The molecule has 0 aromatic rings. The molecule has 0 N–H and O–H groups in total. The zero-order valence-electron chi connectivity index (χ0n) is 12.4. The Bertz CT molecular complexity index is 250. The summed E-state index contributed by atoms with van der Waals surface area (Å²) in [6.45, 7) is 11.4. The van der Waals surface area contributed by atoms with E-state index in [9.17, 15) is 0 Å². The molecule has 0 aromatic heterocycles. The van der Waals surface area contributed by atoms with Gasteiger partial charge < -0.3 is 13.9 Å². The number of ether oxygens (including phenoxy) is 2. The van der Waals surface area contributed by atoms with Crippen LogP contribution in [0.4, 0.5) is 0 Å². The van der Waals surface area contributed by atoms with Crippen LogP contribution in [0.2, 0.25) is 18.1 Å². The first kappa shape index (κ1) is 15.2. The molecule has 3 nitrogen and oxygen atoms in total. The van der Waals surface area contributed by atoms with Crippen molar-refractivity contribution in [1.82, 2.24) is 0 Å². The fourth-order valence-corrected chi connectivity index (χ4v) is 3.42. The van der Waals surface area contributed by atoms with E-state index in [0.29, 0.717) is 0 Å². The molecule has 0 amide bonds. The van der Waals surface area contributed by atoms with Crippen LogP contribution in [0, 0.1) is 0 Å². The fraction of sp³-hybridized carbons (Fsp3) is 1.00. The van der Waals surface area contributed by atoms with Crippen LogP contribution in [0.1, 0.15) is 40.0 Å². The summed E-state index contributed by atoms with van der Waals surface area (Å²) < 4.78 is 17.1. The van der Waals surface area contributed by atoms with Gasteiger partial charge >= 0.3 is 0 Å². The summed E-state index contributed by atoms with van der Waals surface area (Å²) >= 11 is 0. The second-order valence-corrected chi connectivity index (χ2v) is 11.4. The van der Waals surface area contributed by atoms with Crippen LogP contribution in [-0.2, 0) is 13.9 Å². The zero-order chi connectivity index (χ0) is 13.3. The first-order valence-corrected chi connectivity index (χ1v) is 9.32. The van der Waals surface area contributed by atoms with E-state index in [1.54, 1.807) is 14.2 Å². The Morgan fingerprint density at radius 2 is 1.59 bits per heavy atom.